The third kappa shape index (κ3) is 5.20. The number of likely N-dealkylation sites (tertiary alicyclic amines) is 1. The second kappa shape index (κ2) is 9.19. The molecule has 27 heavy (non-hydrogen) atoms. The number of rotatable bonds is 7. The van der Waals surface area contributed by atoms with E-state index in [2.05, 4.69) is 5.32 Å². The van der Waals surface area contributed by atoms with Crippen LogP contribution < -0.4 is 5.32 Å². The number of hydrogen-bond donors (Lipinski definition) is 1. The summed E-state index contributed by atoms with van der Waals surface area (Å²) in [4.78, 5) is 50.9. The molecule has 146 valence electrons. The molecule has 0 aliphatic carbocycles. The number of hydrogen-bond acceptors (Lipinski definition) is 4. The van der Waals surface area contributed by atoms with Gasteiger partial charge >= 0.3 is 0 Å². The van der Waals surface area contributed by atoms with Crippen molar-refractivity contribution in [3.05, 3.63) is 33.8 Å². The van der Waals surface area contributed by atoms with Gasteiger partial charge in [-0.2, -0.15) is 0 Å². The fraction of sp³-hybridized carbons (Fsp3) is 0.444. The molecule has 3 amide bonds. The Labute approximate surface area is 167 Å². The Morgan fingerprint density at radius 3 is 2.59 bits per heavy atom. The lowest BCUT2D eigenvalue weighted by molar-refractivity contribution is -0.144. The van der Waals surface area contributed by atoms with Crippen LogP contribution in [0.5, 0.6) is 0 Å². The van der Waals surface area contributed by atoms with Crippen LogP contribution in [0.4, 0.5) is 0 Å². The van der Waals surface area contributed by atoms with Crippen molar-refractivity contribution in [2.24, 2.45) is 5.92 Å². The van der Waals surface area contributed by atoms with Crippen LogP contribution in [0.15, 0.2) is 18.2 Å². The maximum Gasteiger partial charge on any atom is 0.290 e. The third-order valence-corrected chi connectivity index (χ3v) is 5.15. The molecule has 0 bridgehead atoms. The van der Waals surface area contributed by atoms with E-state index in [1.165, 1.54) is 16.8 Å². The van der Waals surface area contributed by atoms with Crippen LogP contribution in [-0.2, 0) is 25.7 Å². The van der Waals surface area contributed by atoms with Gasteiger partial charge in [0, 0.05) is 40.2 Å². The average Bonchev–Trinajstić information content (AvgIpc) is 2.92. The SMILES string of the molecule is CNC(=O)CCCN1CC(C(=O)N(C)Cc2ccc(Cl)c(Cl)c2)C(=O)C1=O. The number of halogens is 2. The molecular weight excluding hydrogens is 393 g/mol. The predicted octanol–water partition coefficient (Wildman–Crippen LogP) is 1.51. The summed E-state index contributed by atoms with van der Waals surface area (Å²) in [6, 6.07) is 5.03. The van der Waals surface area contributed by atoms with Gasteiger partial charge in [0.05, 0.1) is 10.0 Å². The van der Waals surface area contributed by atoms with E-state index in [0.717, 1.165) is 5.56 Å². The van der Waals surface area contributed by atoms with Crippen LogP contribution in [0.1, 0.15) is 18.4 Å². The summed E-state index contributed by atoms with van der Waals surface area (Å²) < 4.78 is 0. The quantitative estimate of drug-likeness (QED) is 0.541. The van der Waals surface area contributed by atoms with E-state index < -0.39 is 23.5 Å². The monoisotopic (exact) mass is 413 g/mol. The minimum Gasteiger partial charge on any atom is -0.359 e. The van der Waals surface area contributed by atoms with E-state index in [4.69, 9.17) is 23.2 Å². The average molecular weight is 414 g/mol. The van der Waals surface area contributed by atoms with Gasteiger partial charge < -0.3 is 15.1 Å². The van der Waals surface area contributed by atoms with Crippen LogP contribution in [0.25, 0.3) is 0 Å². The van der Waals surface area contributed by atoms with Crippen molar-refractivity contribution in [1.82, 2.24) is 15.1 Å². The number of nitrogens with one attached hydrogen (secondary N) is 1. The van der Waals surface area contributed by atoms with Gasteiger partial charge in [0.1, 0.15) is 5.92 Å². The molecular formula is C18H21Cl2N3O4. The van der Waals surface area contributed by atoms with Crippen molar-refractivity contribution in [3.63, 3.8) is 0 Å². The van der Waals surface area contributed by atoms with Gasteiger partial charge in [-0.05, 0) is 24.1 Å². The fourth-order valence-corrected chi connectivity index (χ4v) is 3.21. The Morgan fingerprint density at radius 2 is 1.96 bits per heavy atom. The Kier molecular flexibility index (Phi) is 7.21. The van der Waals surface area contributed by atoms with E-state index in [1.807, 2.05) is 0 Å². The van der Waals surface area contributed by atoms with Gasteiger partial charge in [0.15, 0.2) is 0 Å². The van der Waals surface area contributed by atoms with Crippen LogP contribution in [0, 0.1) is 5.92 Å². The molecule has 9 heteroatoms. The highest BCUT2D eigenvalue weighted by atomic mass is 35.5. The van der Waals surface area contributed by atoms with Crippen molar-refractivity contribution in [2.45, 2.75) is 19.4 Å². The van der Waals surface area contributed by atoms with Crippen LogP contribution in [0.2, 0.25) is 10.0 Å². The van der Waals surface area contributed by atoms with E-state index in [1.54, 1.807) is 25.2 Å². The summed E-state index contributed by atoms with van der Waals surface area (Å²) in [6.45, 7) is 0.540. The van der Waals surface area contributed by atoms with Crippen molar-refractivity contribution in [2.75, 3.05) is 27.2 Å². The number of carbonyl (C=O) groups excluding carboxylic acids is 4. The van der Waals surface area contributed by atoms with Crippen molar-refractivity contribution < 1.29 is 19.2 Å². The van der Waals surface area contributed by atoms with E-state index in [0.29, 0.717) is 16.5 Å². The van der Waals surface area contributed by atoms with Crippen molar-refractivity contribution in [3.8, 4) is 0 Å². The van der Waals surface area contributed by atoms with Gasteiger partial charge in [0.25, 0.3) is 5.91 Å². The maximum absolute atomic E-state index is 12.6. The molecule has 1 aromatic rings. The van der Waals surface area contributed by atoms with Gasteiger partial charge in [0.2, 0.25) is 17.6 Å². The molecule has 1 aliphatic heterocycles. The molecule has 1 fully saturated rings. The van der Waals surface area contributed by atoms with E-state index in [9.17, 15) is 19.2 Å². The van der Waals surface area contributed by atoms with Crippen molar-refractivity contribution >= 4 is 46.7 Å². The molecule has 0 aromatic heterocycles. The summed E-state index contributed by atoms with van der Waals surface area (Å²) in [6.07, 6.45) is 0.684. The van der Waals surface area contributed by atoms with Gasteiger partial charge in [-0.1, -0.05) is 29.3 Å². The summed E-state index contributed by atoms with van der Waals surface area (Å²) in [7, 11) is 3.10. The number of benzene rings is 1. The second-order valence-corrected chi connectivity index (χ2v) is 7.20. The Morgan fingerprint density at radius 1 is 1.26 bits per heavy atom. The molecule has 0 radical (unpaired) electrons. The zero-order chi connectivity index (χ0) is 20.1. The molecule has 2 rings (SSSR count). The highest BCUT2D eigenvalue weighted by Crippen LogP contribution is 2.24. The summed E-state index contributed by atoms with van der Waals surface area (Å²) in [5.41, 5.74) is 0.763. The largest absolute Gasteiger partial charge is 0.359 e. The Balaban J connectivity index is 1.96. The topological polar surface area (TPSA) is 86.8 Å². The molecule has 1 aliphatic rings. The molecule has 0 saturated carbocycles. The van der Waals surface area contributed by atoms with Gasteiger partial charge in [-0.15, -0.1) is 0 Å². The smallest absolute Gasteiger partial charge is 0.290 e. The standard InChI is InChI=1S/C18H21Cl2N3O4/c1-21-15(24)4-3-7-23-10-12(16(25)18(23)27)17(26)22(2)9-11-5-6-13(19)14(20)8-11/h5-6,8,12H,3-4,7,9-10H2,1-2H3,(H,21,24). The lowest BCUT2D eigenvalue weighted by Crippen LogP contribution is -2.36. The first-order valence-corrected chi connectivity index (χ1v) is 9.22. The number of Topliss-reactive ketones (excluding diaryl/α,β-unsaturated/α-hetero) is 1. The number of ketones is 1. The molecule has 1 atom stereocenters. The number of nitrogens with zero attached hydrogens (tertiary/aromatic N) is 2. The van der Waals surface area contributed by atoms with E-state index in [-0.39, 0.29) is 32.0 Å². The van der Waals surface area contributed by atoms with Crippen LogP contribution in [0.3, 0.4) is 0 Å². The molecule has 1 unspecified atom stereocenters. The molecule has 7 nitrogen and oxygen atoms in total. The lowest BCUT2D eigenvalue weighted by Gasteiger charge is -2.21. The third-order valence-electron chi connectivity index (χ3n) is 4.41. The molecule has 0 spiro atoms. The highest BCUT2D eigenvalue weighted by Gasteiger charge is 2.43. The number of carbonyl (C=O) groups is 4. The predicted molar refractivity (Wildman–Crippen MR) is 101 cm³/mol. The molecule has 1 saturated heterocycles. The van der Waals surface area contributed by atoms with Gasteiger partial charge in [-0.3, -0.25) is 19.2 Å². The summed E-state index contributed by atoms with van der Waals surface area (Å²) in [5, 5.41) is 3.29. The molecule has 1 heterocycles. The van der Waals surface area contributed by atoms with Crippen LogP contribution >= 0.6 is 23.2 Å². The first kappa shape index (κ1) is 21.2. The lowest BCUT2D eigenvalue weighted by atomic mass is 10.1. The van der Waals surface area contributed by atoms with Crippen LogP contribution in [-0.4, -0.2) is 60.5 Å². The first-order chi connectivity index (χ1) is 12.7. The minimum atomic E-state index is -1.02. The Bertz CT molecular complexity index is 769. The van der Waals surface area contributed by atoms with Gasteiger partial charge in [-0.25, -0.2) is 0 Å². The number of amides is 3. The summed E-state index contributed by atoms with van der Waals surface area (Å²) >= 11 is 11.9. The Hall–Kier alpha value is -2.12. The van der Waals surface area contributed by atoms with E-state index >= 15 is 0 Å². The first-order valence-electron chi connectivity index (χ1n) is 8.47. The second-order valence-electron chi connectivity index (χ2n) is 6.39. The molecule has 1 aromatic carbocycles. The zero-order valence-electron chi connectivity index (χ0n) is 15.1. The highest BCUT2D eigenvalue weighted by molar-refractivity contribution is 6.42. The maximum atomic E-state index is 12.6. The summed E-state index contributed by atoms with van der Waals surface area (Å²) in [5.74, 6) is -2.96. The fourth-order valence-electron chi connectivity index (χ4n) is 2.89. The minimum absolute atomic E-state index is 0.0377. The normalized spacial score (nSPS) is 16.6. The van der Waals surface area contributed by atoms with Crippen molar-refractivity contribution in [1.29, 1.82) is 0 Å². The zero-order valence-corrected chi connectivity index (χ0v) is 16.6. The molecule has 1 N–H and O–H groups in total.